The molecule has 0 fully saturated rings. The third-order valence-electron chi connectivity index (χ3n) is 0.838. The Kier molecular flexibility index (Phi) is 4.56. The summed E-state index contributed by atoms with van der Waals surface area (Å²) in [6, 6.07) is 0. The molecule has 58 valence electrons. The Morgan fingerprint density at radius 2 is 2.40 bits per heavy atom. The molecular weight excluding hydrogens is 172 g/mol. The summed E-state index contributed by atoms with van der Waals surface area (Å²) in [5, 5.41) is 8.48. The summed E-state index contributed by atoms with van der Waals surface area (Å²) < 4.78 is 0. The van der Waals surface area contributed by atoms with E-state index in [2.05, 4.69) is 6.58 Å². The Morgan fingerprint density at radius 1 is 1.90 bits per heavy atom. The Labute approximate surface area is 69.3 Å². The molecule has 0 aromatic heterocycles. The van der Waals surface area contributed by atoms with Gasteiger partial charge < -0.3 is 5.11 Å². The summed E-state index contributed by atoms with van der Waals surface area (Å²) >= 11 is 6.68. The predicted molar refractivity (Wildman–Crippen MR) is 44.5 cm³/mol. The van der Waals surface area contributed by atoms with Crippen LogP contribution in [0, 0.1) is 0 Å². The van der Waals surface area contributed by atoms with Crippen LogP contribution in [-0.4, -0.2) is 22.1 Å². The SMILES string of the molecule is C=C(Cl)CSC(C)C(=O)O. The standard InChI is InChI=1S/C6H9ClO2S/c1-4(7)3-10-5(2)6(8)9/h5H,1,3H2,2H3,(H,8,9). The summed E-state index contributed by atoms with van der Waals surface area (Å²) in [5.41, 5.74) is 0. The molecule has 0 aliphatic heterocycles. The topological polar surface area (TPSA) is 37.3 Å². The third-order valence-corrected chi connectivity index (χ3v) is 2.35. The largest absolute Gasteiger partial charge is 0.480 e. The van der Waals surface area contributed by atoms with Gasteiger partial charge in [-0.15, -0.1) is 11.8 Å². The number of carbonyl (C=O) groups is 1. The lowest BCUT2D eigenvalue weighted by Crippen LogP contribution is -2.11. The maximum atomic E-state index is 10.2. The first-order chi connectivity index (χ1) is 4.54. The molecule has 0 amide bonds. The zero-order chi connectivity index (χ0) is 8.15. The molecule has 0 radical (unpaired) electrons. The maximum Gasteiger partial charge on any atom is 0.316 e. The van der Waals surface area contributed by atoms with Crippen molar-refractivity contribution in [2.24, 2.45) is 0 Å². The number of thioether (sulfide) groups is 1. The van der Waals surface area contributed by atoms with Crippen molar-refractivity contribution in [2.75, 3.05) is 5.75 Å². The lowest BCUT2D eigenvalue weighted by atomic mass is 10.5. The second-order valence-corrected chi connectivity index (χ2v) is 3.67. The van der Waals surface area contributed by atoms with E-state index in [0.717, 1.165) is 0 Å². The lowest BCUT2D eigenvalue weighted by Gasteiger charge is -2.02. The van der Waals surface area contributed by atoms with Crippen molar-refractivity contribution in [2.45, 2.75) is 12.2 Å². The van der Waals surface area contributed by atoms with E-state index in [1.807, 2.05) is 0 Å². The van der Waals surface area contributed by atoms with E-state index < -0.39 is 11.2 Å². The van der Waals surface area contributed by atoms with E-state index in [-0.39, 0.29) is 0 Å². The van der Waals surface area contributed by atoms with Gasteiger partial charge in [0.25, 0.3) is 0 Å². The summed E-state index contributed by atoms with van der Waals surface area (Å²) in [5.74, 6) is -0.322. The van der Waals surface area contributed by atoms with Gasteiger partial charge in [0, 0.05) is 10.8 Å². The smallest absolute Gasteiger partial charge is 0.316 e. The number of hydrogen-bond donors (Lipinski definition) is 1. The van der Waals surface area contributed by atoms with E-state index in [1.165, 1.54) is 11.8 Å². The number of halogens is 1. The van der Waals surface area contributed by atoms with Gasteiger partial charge in [0.15, 0.2) is 0 Å². The summed E-state index contributed by atoms with van der Waals surface area (Å²) in [6.07, 6.45) is 0. The second kappa shape index (κ2) is 4.63. The summed E-state index contributed by atoms with van der Waals surface area (Å²) in [4.78, 5) is 10.2. The van der Waals surface area contributed by atoms with Gasteiger partial charge in [-0.05, 0) is 6.92 Å². The van der Waals surface area contributed by atoms with E-state index in [0.29, 0.717) is 10.8 Å². The molecule has 0 bridgehead atoms. The minimum atomic E-state index is -0.817. The van der Waals surface area contributed by atoms with Gasteiger partial charge in [0.1, 0.15) is 0 Å². The van der Waals surface area contributed by atoms with Crippen LogP contribution in [0.15, 0.2) is 11.6 Å². The summed E-state index contributed by atoms with van der Waals surface area (Å²) in [7, 11) is 0. The van der Waals surface area contributed by atoms with Gasteiger partial charge in [-0.25, -0.2) is 0 Å². The van der Waals surface area contributed by atoms with Crippen molar-refractivity contribution in [3.05, 3.63) is 11.6 Å². The molecule has 1 atom stereocenters. The zero-order valence-electron chi connectivity index (χ0n) is 5.63. The fourth-order valence-electron chi connectivity index (χ4n) is 0.287. The zero-order valence-corrected chi connectivity index (χ0v) is 7.21. The minimum Gasteiger partial charge on any atom is -0.480 e. The van der Waals surface area contributed by atoms with Crippen LogP contribution in [-0.2, 0) is 4.79 Å². The molecule has 1 unspecified atom stereocenters. The fraction of sp³-hybridized carbons (Fsp3) is 0.500. The highest BCUT2D eigenvalue weighted by molar-refractivity contribution is 8.00. The Balaban J connectivity index is 3.49. The molecule has 0 aliphatic carbocycles. The first kappa shape index (κ1) is 9.85. The van der Waals surface area contributed by atoms with Crippen molar-refractivity contribution >= 4 is 29.3 Å². The van der Waals surface area contributed by atoms with Crippen LogP contribution >= 0.6 is 23.4 Å². The monoisotopic (exact) mass is 180 g/mol. The molecule has 2 nitrogen and oxygen atoms in total. The maximum absolute atomic E-state index is 10.2. The number of aliphatic carboxylic acids is 1. The molecule has 0 heterocycles. The number of carboxylic acids is 1. The minimum absolute atomic E-state index is 0.407. The molecule has 0 rings (SSSR count). The van der Waals surface area contributed by atoms with Crippen molar-refractivity contribution in [3.8, 4) is 0 Å². The number of carboxylic acid groups (broad SMARTS) is 1. The van der Waals surface area contributed by atoms with E-state index >= 15 is 0 Å². The van der Waals surface area contributed by atoms with Gasteiger partial charge in [-0.3, -0.25) is 4.79 Å². The first-order valence-corrected chi connectivity index (χ1v) is 4.14. The molecule has 0 aromatic rings. The number of hydrogen-bond acceptors (Lipinski definition) is 2. The van der Waals surface area contributed by atoms with Crippen LogP contribution in [0.5, 0.6) is 0 Å². The molecular formula is C6H9ClO2S. The van der Waals surface area contributed by atoms with Gasteiger partial charge >= 0.3 is 5.97 Å². The summed E-state index contributed by atoms with van der Waals surface area (Å²) in [6.45, 7) is 5.06. The van der Waals surface area contributed by atoms with Crippen molar-refractivity contribution in [1.29, 1.82) is 0 Å². The van der Waals surface area contributed by atoms with Crippen LogP contribution in [0.2, 0.25) is 0 Å². The van der Waals surface area contributed by atoms with Crippen molar-refractivity contribution in [3.63, 3.8) is 0 Å². The van der Waals surface area contributed by atoms with Crippen LogP contribution in [0.1, 0.15) is 6.92 Å². The van der Waals surface area contributed by atoms with Gasteiger partial charge in [0.2, 0.25) is 0 Å². The van der Waals surface area contributed by atoms with Crippen molar-refractivity contribution in [1.82, 2.24) is 0 Å². The molecule has 0 spiro atoms. The molecule has 0 saturated carbocycles. The molecule has 4 heteroatoms. The molecule has 0 aromatic carbocycles. The molecule has 1 N–H and O–H groups in total. The average Bonchev–Trinajstić information content (AvgIpc) is 1.82. The Bertz CT molecular complexity index is 147. The Hall–Kier alpha value is -0.150. The number of rotatable bonds is 4. The molecule has 0 aliphatic rings. The van der Waals surface area contributed by atoms with E-state index in [9.17, 15) is 4.79 Å². The highest BCUT2D eigenvalue weighted by Crippen LogP contribution is 2.15. The highest BCUT2D eigenvalue weighted by atomic mass is 35.5. The van der Waals surface area contributed by atoms with Gasteiger partial charge in [-0.1, -0.05) is 18.2 Å². The second-order valence-electron chi connectivity index (χ2n) is 1.81. The van der Waals surface area contributed by atoms with Crippen molar-refractivity contribution < 1.29 is 9.90 Å². The third kappa shape index (κ3) is 4.70. The van der Waals surface area contributed by atoms with Crippen LogP contribution < -0.4 is 0 Å². The van der Waals surface area contributed by atoms with Gasteiger partial charge in [0.05, 0.1) is 5.25 Å². The lowest BCUT2D eigenvalue weighted by molar-refractivity contribution is -0.136. The van der Waals surface area contributed by atoms with Crippen LogP contribution in [0.3, 0.4) is 0 Å². The molecule has 10 heavy (non-hydrogen) atoms. The van der Waals surface area contributed by atoms with Gasteiger partial charge in [-0.2, -0.15) is 0 Å². The quantitative estimate of drug-likeness (QED) is 0.719. The normalized spacial score (nSPS) is 12.6. The van der Waals surface area contributed by atoms with Crippen LogP contribution in [0.4, 0.5) is 0 Å². The first-order valence-electron chi connectivity index (χ1n) is 2.71. The highest BCUT2D eigenvalue weighted by Gasteiger charge is 2.10. The van der Waals surface area contributed by atoms with Crippen LogP contribution in [0.25, 0.3) is 0 Å². The Morgan fingerprint density at radius 3 is 2.70 bits per heavy atom. The molecule has 0 saturated heterocycles. The predicted octanol–water partition coefficient (Wildman–Crippen LogP) is 1.95. The van der Waals surface area contributed by atoms with E-state index in [4.69, 9.17) is 16.7 Å². The average molecular weight is 181 g/mol. The fourth-order valence-corrected chi connectivity index (χ4v) is 1.05. The van der Waals surface area contributed by atoms with E-state index in [1.54, 1.807) is 6.92 Å².